The average molecular weight is 287 g/mol. The van der Waals surface area contributed by atoms with Gasteiger partial charge in [0.2, 0.25) is 0 Å². The van der Waals surface area contributed by atoms with Gasteiger partial charge < -0.3 is 10.0 Å². The van der Waals surface area contributed by atoms with Crippen LogP contribution in [0.4, 0.5) is 0 Å². The average Bonchev–Trinajstić information content (AvgIpc) is 2.48. The van der Waals surface area contributed by atoms with Crippen LogP contribution in [0.5, 0.6) is 0 Å². The van der Waals surface area contributed by atoms with E-state index in [0.717, 1.165) is 16.2 Å². The van der Waals surface area contributed by atoms with Crippen LogP contribution < -0.4 is 4.68 Å². The van der Waals surface area contributed by atoms with Crippen molar-refractivity contribution in [3.8, 4) is 11.3 Å². The van der Waals surface area contributed by atoms with Crippen LogP contribution in [0.1, 0.15) is 0 Å². The fraction of sp³-hybridized carbons (Fsp3) is 0.214. The summed E-state index contributed by atoms with van der Waals surface area (Å²) >= 11 is 0. The Labute approximate surface area is 121 Å². The number of carboxylic acids is 1. The van der Waals surface area contributed by atoms with E-state index in [4.69, 9.17) is 5.11 Å². The highest BCUT2D eigenvalue weighted by Gasteiger charge is 2.17. The number of aromatic nitrogens is 3. The molecule has 7 heteroatoms. The Hall–Kier alpha value is -2.83. The van der Waals surface area contributed by atoms with E-state index in [1.165, 1.54) is 11.7 Å². The first-order valence-corrected chi connectivity index (χ1v) is 6.29. The molecule has 0 saturated carbocycles. The van der Waals surface area contributed by atoms with E-state index in [1.807, 2.05) is 18.2 Å². The number of carbonyl (C=O) groups excluding carboxylic acids is 1. The van der Waals surface area contributed by atoms with Crippen molar-refractivity contribution in [2.45, 2.75) is 6.54 Å². The van der Waals surface area contributed by atoms with Crippen LogP contribution in [-0.2, 0) is 16.1 Å². The number of hydrogen-bond donors (Lipinski definition) is 1. The van der Waals surface area contributed by atoms with Crippen molar-refractivity contribution in [2.24, 2.45) is 0 Å². The molecule has 0 aromatic carbocycles. The van der Waals surface area contributed by atoms with Crippen LogP contribution in [0.3, 0.4) is 0 Å². The quantitative estimate of drug-likeness (QED) is 0.781. The summed E-state index contributed by atoms with van der Waals surface area (Å²) in [4.78, 5) is 27.7. The number of carboxylic acid groups (broad SMARTS) is 1. The molecule has 0 bridgehead atoms. The van der Waals surface area contributed by atoms with Crippen LogP contribution in [0, 0.1) is 0 Å². The van der Waals surface area contributed by atoms with E-state index in [0.29, 0.717) is 0 Å². The van der Waals surface area contributed by atoms with E-state index < -0.39 is 5.97 Å². The molecule has 21 heavy (non-hydrogen) atoms. The highest BCUT2D eigenvalue weighted by Crippen LogP contribution is 2.12. The number of rotatable bonds is 5. The molecule has 2 heterocycles. The molecule has 0 saturated heterocycles. The molecule has 2 aromatic rings. The van der Waals surface area contributed by atoms with Crippen molar-refractivity contribution < 1.29 is 19.4 Å². The molecule has 7 nitrogen and oxygen atoms in total. The number of aliphatic carboxylic acids is 1. The molecular weight excluding hydrogens is 272 g/mol. The van der Waals surface area contributed by atoms with E-state index in [2.05, 4.69) is 10.1 Å². The lowest BCUT2D eigenvalue weighted by Gasteiger charge is -2.11. The van der Waals surface area contributed by atoms with Crippen molar-refractivity contribution in [1.29, 1.82) is 0 Å². The molecule has 0 aliphatic carbocycles. The molecular formula is C14H15N4O3+. The van der Waals surface area contributed by atoms with Gasteiger partial charge in [-0.1, -0.05) is 10.7 Å². The van der Waals surface area contributed by atoms with Crippen LogP contribution in [0.2, 0.25) is 0 Å². The first-order valence-electron chi connectivity index (χ1n) is 6.29. The van der Waals surface area contributed by atoms with Crippen molar-refractivity contribution in [3.63, 3.8) is 0 Å². The Morgan fingerprint density at radius 2 is 2.14 bits per heavy atom. The number of pyridine rings is 1. The zero-order valence-corrected chi connectivity index (χ0v) is 11.5. The van der Waals surface area contributed by atoms with Gasteiger partial charge >= 0.3 is 5.97 Å². The zero-order chi connectivity index (χ0) is 15.2. The minimum atomic E-state index is -1.05. The van der Waals surface area contributed by atoms with Crippen molar-refractivity contribution >= 4 is 11.9 Å². The number of nitrogens with zero attached hydrogens (tertiary/aromatic N) is 4. The summed E-state index contributed by atoms with van der Waals surface area (Å²) in [6.45, 7) is -0.336. The van der Waals surface area contributed by atoms with Crippen molar-refractivity contribution in [2.75, 3.05) is 13.6 Å². The van der Waals surface area contributed by atoms with Gasteiger partial charge in [0.1, 0.15) is 12.7 Å². The van der Waals surface area contributed by atoms with Gasteiger partial charge in [0.15, 0.2) is 6.20 Å². The van der Waals surface area contributed by atoms with Gasteiger partial charge in [0, 0.05) is 24.9 Å². The van der Waals surface area contributed by atoms with Gasteiger partial charge in [-0.25, -0.2) is 0 Å². The Balaban J connectivity index is 2.03. The Morgan fingerprint density at radius 3 is 2.71 bits per heavy atom. The summed E-state index contributed by atoms with van der Waals surface area (Å²) in [5, 5.41) is 12.8. The predicted octanol–water partition coefficient (Wildman–Crippen LogP) is -0.0259. The maximum absolute atomic E-state index is 11.8. The van der Waals surface area contributed by atoms with Gasteiger partial charge in [0.25, 0.3) is 12.5 Å². The monoisotopic (exact) mass is 287 g/mol. The molecule has 1 amide bonds. The third kappa shape index (κ3) is 4.07. The predicted molar refractivity (Wildman–Crippen MR) is 72.9 cm³/mol. The van der Waals surface area contributed by atoms with E-state index in [9.17, 15) is 9.59 Å². The number of likely N-dealkylation sites (N-methyl/N-ethyl adjacent to an activating group) is 1. The highest BCUT2D eigenvalue weighted by atomic mass is 16.4. The molecule has 2 aromatic heterocycles. The third-order valence-electron chi connectivity index (χ3n) is 2.83. The van der Waals surface area contributed by atoms with E-state index in [-0.39, 0.29) is 19.0 Å². The van der Waals surface area contributed by atoms with Crippen molar-refractivity contribution in [3.05, 3.63) is 42.9 Å². The fourth-order valence-corrected chi connectivity index (χ4v) is 1.71. The van der Waals surface area contributed by atoms with Crippen LogP contribution >= 0.6 is 0 Å². The standard InChI is InChI=1S/C14H14N4O3/c1-17(10-14(20)21)13(19)9-18-7-5-11(8-16-18)12-4-2-3-6-15-12/h2-8H,9-10H2,1H3/p+1. The normalized spacial score (nSPS) is 10.1. The summed E-state index contributed by atoms with van der Waals surface area (Å²) in [7, 11) is 1.44. The molecule has 1 N–H and O–H groups in total. The Kier molecular flexibility index (Phi) is 4.55. The van der Waals surface area contributed by atoms with Crippen LogP contribution in [-0.4, -0.2) is 45.6 Å². The minimum absolute atomic E-state index is 0.00766. The van der Waals surface area contributed by atoms with Gasteiger partial charge in [-0.2, -0.15) is 0 Å². The SMILES string of the molecule is CN(CC(=O)O)C(=O)C[n+]1ccc(-c2ccccn2)cn1. The van der Waals surface area contributed by atoms with E-state index in [1.54, 1.807) is 24.7 Å². The molecule has 0 fully saturated rings. The number of carbonyl (C=O) groups is 2. The van der Waals surface area contributed by atoms with Gasteiger partial charge in [-0.05, 0) is 17.2 Å². The lowest BCUT2D eigenvalue weighted by molar-refractivity contribution is -0.742. The first-order chi connectivity index (χ1) is 10.1. The fourth-order valence-electron chi connectivity index (χ4n) is 1.71. The summed E-state index contributed by atoms with van der Waals surface area (Å²) in [5.41, 5.74) is 1.64. The van der Waals surface area contributed by atoms with Gasteiger partial charge in [-0.3, -0.25) is 14.6 Å². The lowest BCUT2D eigenvalue weighted by Crippen LogP contribution is -2.46. The molecule has 2 rings (SSSR count). The maximum atomic E-state index is 11.8. The second-order valence-electron chi connectivity index (χ2n) is 4.47. The summed E-state index contributed by atoms with van der Waals surface area (Å²) in [6.07, 6.45) is 4.98. The second kappa shape index (κ2) is 6.56. The van der Waals surface area contributed by atoms with E-state index >= 15 is 0 Å². The number of hydrogen-bond acceptors (Lipinski definition) is 4. The highest BCUT2D eigenvalue weighted by molar-refractivity contribution is 5.80. The minimum Gasteiger partial charge on any atom is -0.480 e. The maximum Gasteiger partial charge on any atom is 0.323 e. The molecule has 108 valence electrons. The first kappa shape index (κ1) is 14.6. The second-order valence-corrected chi connectivity index (χ2v) is 4.47. The Bertz CT molecular complexity index is 628. The largest absolute Gasteiger partial charge is 0.480 e. The Morgan fingerprint density at radius 1 is 1.33 bits per heavy atom. The topological polar surface area (TPSA) is 87.3 Å². The molecule has 0 spiro atoms. The summed E-state index contributed by atoms with van der Waals surface area (Å²) < 4.78 is 1.45. The van der Waals surface area contributed by atoms with Crippen LogP contribution in [0.25, 0.3) is 11.3 Å². The molecule has 0 aliphatic heterocycles. The molecule has 0 radical (unpaired) electrons. The molecule has 0 aliphatic rings. The summed E-state index contributed by atoms with van der Waals surface area (Å²) in [6, 6.07) is 7.39. The number of amides is 1. The lowest BCUT2D eigenvalue weighted by atomic mass is 10.2. The molecule has 0 atom stereocenters. The van der Waals surface area contributed by atoms with Crippen molar-refractivity contribution in [1.82, 2.24) is 15.0 Å². The molecule has 0 unspecified atom stereocenters. The zero-order valence-electron chi connectivity index (χ0n) is 11.5. The van der Waals surface area contributed by atoms with Crippen LogP contribution in [0.15, 0.2) is 42.9 Å². The van der Waals surface area contributed by atoms with Gasteiger partial charge in [0.05, 0.1) is 5.69 Å². The smallest absolute Gasteiger partial charge is 0.323 e. The third-order valence-corrected chi connectivity index (χ3v) is 2.83. The van der Waals surface area contributed by atoms with Gasteiger partial charge in [-0.15, -0.1) is 0 Å². The summed E-state index contributed by atoms with van der Waals surface area (Å²) in [5.74, 6) is -1.37.